The molecule has 7 nitrogen and oxygen atoms in total. The van der Waals surface area contributed by atoms with E-state index in [4.69, 9.17) is 16.3 Å². The molecule has 0 aliphatic carbocycles. The summed E-state index contributed by atoms with van der Waals surface area (Å²) in [6.07, 6.45) is 1.57. The van der Waals surface area contributed by atoms with Crippen LogP contribution in [0.2, 0.25) is 5.02 Å². The van der Waals surface area contributed by atoms with Gasteiger partial charge in [-0.3, -0.25) is 0 Å². The quantitative estimate of drug-likeness (QED) is 0.143. The number of aromatic nitrogens is 1. The van der Waals surface area contributed by atoms with Crippen LogP contribution in [-0.4, -0.2) is 36.9 Å². The van der Waals surface area contributed by atoms with E-state index in [-0.39, 0.29) is 18.2 Å². The van der Waals surface area contributed by atoms with Crippen LogP contribution in [0.4, 0.5) is 0 Å². The van der Waals surface area contributed by atoms with Gasteiger partial charge in [-0.2, -0.15) is 0 Å². The Hall–Kier alpha value is -4.89. The minimum Gasteiger partial charge on any atom is -0.493 e. The highest BCUT2D eigenvalue weighted by Crippen LogP contribution is 2.40. The second kappa shape index (κ2) is 15.8. The molecule has 2 N–H and O–H groups in total. The fourth-order valence-corrected chi connectivity index (χ4v) is 6.82. The lowest BCUT2D eigenvalue weighted by atomic mass is 9.97. The average Bonchev–Trinajstić information content (AvgIpc) is 3.39. The number of aromatic carboxylic acids is 1. The maximum absolute atomic E-state index is 12.5. The molecule has 0 fully saturated rings. The van der Waals surface area contributed by atoms with Crippen LogP contribution in [0.25, 0.3) is 10.9 Å². The molecule has 0 saturated heterocycles. The third kappa shape index (κ3) is 8.72. The number of carbonyl (C=O) groups is 1. The zero-order valence-corrected chi connectivity index (χ0v) is 28.2. The van der Waals surface area contributed by atoms with Crippen LogP contribution in [0.5, 0.6) is 5.75 Å². The van der Waals surface area contributed by atoms with Crippen LogP contribution < -0.4 is 9.46 Å². The minimum absolute atomic E-state index is 0.135. The average molecular weight is 681 g/mol. The summed E-state index contributed by atoms with van der Waals surface area (Å²) in [6, 6.07) is 43.4. The van der Waals surface area contributed by atoms with Crippen molar-refractivity contribution in [2.24, 2.45) is 0 Å². The summed E-state index contributed by atoms with van der Waals surface area (Å²) < 4.78 is 36.0. The standard InChI is InChI=1S/C33H31ClN2O5S.C6H6/c1-22(35-42(2,39)40)31-28(18-19-41-27-15-9-14-25(20-27)33(37)38)29-21-26(34)16-17-30(29)36(31)32(23-10-5-3-6-11-23)24-12-7-4-8-13-24;1-2-4-6-5-3-1/h3-17,20-22,32,35H,18-19H2,1-2H3,(H,37,38);1-6H. The molecule has 0 radical (unpaired) electrons. The molecule has 0 amide bonds. The topological polar surface area (TPSA) is 97.6 Å². The Morgan fingerprint density at radius 2 is 1.38 bits per heavy atom. The molecule has 0 saturated carbocycles. The van der Waals surface area contributed by atoms with Gasteiger partial charge in [0.2, 0.25) is 10.0 Å². The molecule has 1 heterocycles. The highest BCUT2D eigenvalue weighted by atomic mass is 35.5. The SMILES string of the molecule is CC(NS(C)(=O)=O)c1c(CCOc2cccc(C(=O)O)c2)c2cc(Cl)ccc2n1C(c1ccccc1)c1ccccc1.c1ccccc1. The number of sulfonamides is 1. The summed E-state index contributed by atoms with van der Waals surface area (Å²) in [4.78, 5) is 11.4. The monoisotopic (exact) mass is 680 g/mol. The van der Waals surface area contributed by atoms with Crippen molar-refractivity contribution in [3.63, 3.8) is 0 Å². The Balaban J connectivity index is 0.000000677. The van der Waals surface area contributed by atoms with E-state index < -0.39 is 22.0 Å². The predicted octanol–water partition coefficient (Wildman–Crippen LogP) is 8.55. The predicted molar refractivity (Wildman–Crippen MR) is 193 cm³/mol. The molecule has 5 aromatic carbocycles. The van der Waals surface area contributed by atoms with E-state index in [1.54, 1.807) is 12.1 Å². The molecular formula is C39H37ClN2O5S. The molecule has 1 unspecified atom stereocenters. The van der Waals surface area contributed by atoms with Crippen molar-refractivity contribution in [3.8, 4) is 5.75 Å². The fraction of sp³-hybridized carbons (Fsp3) is 0.154. The molecule has 1 atom stereocenters. The summed E-state index contributed by atoms with van der Waals surface area (Å²) in [5.41, 5.74) is 4.79. The fourth-order valence-electron chi connectivity index (χ4n) is 5.90. The molecular weight excluding hydrogens is 644 g/mol. The van der Waals surface area contributed by atoms with Gasteiger partial charge in [-0.1, -0.05) is 115 Å². The lowest BCUT2D eigenvalue weighted by Gasteiger charge is -2.27. The van der Waals surface area contributed by atoms with Crippen LogP contribution in [0, 0.1) is 0 Å². The first-order valence-corrected chi connectivity index (χ1v) is 17.7. The van der Waals surface area contributed by atoms with Gasteiger partial charge < -0.3 is 14.4 Å². The number of fused-ring (bicyclic) bond motifs is 1. The second-order valence-electron chi connectivity index (χ2n) is 11.3. The van der Waals surface area contributed by atoms with E-state index in [0.29, 0.717) is 17.2 Å². The first-order chi connectivity index (χ1) is 23.1. The van der Waals surface area contributed by atoms with Crippen molar-refractivity contribution in [2.75, 3.05) is 12.9 Å². The van der Waals surface area contributed by atoms with Crippen molar-refractivity contribution in [1.29, 1.82) is 0 Å². The number of hydrogen-bond donors (Lipinski definition) is 2. The van der Waals surface area contributed by atoms with Crippen molar-refractivity contribution in [2.45, 2.75) is 25.4 Å². The van der Waals surface area contributed by atoms with Gasteiger partial charge in [-0.25, -0.2) is 17.9 Å². The van der Waals surface area contributed by atoms with Crippen LogP contribution in [-0.2, 0) is 16.4 Å². The molecule has 9 heteroatoms. The normalized spacial score (nSPS) is 11.9. The Kier molecular flexibility index (Phi) is 11.3. The summed E-state index contributed by atoms with van der Waals surface area (Å²) in [5.74, 6) is -0.596. The van der Waals surface area contributed by atoms with Crippen LogP contribution in [0.3, 0.4) is 0 Å². The molecule has 0 bridgehead atoms. The Bertz CT molecular complexity index is 2000. The van der Waals surface area contributed by atoms with E-state index in [2.05, 4.69) is 33.6 Å². The van der Waals surface area contributed by atoms with E-state index in [0.717, 1.165) is 39.5 Å². The van der Waals surface area contributed by atoms with Crippen molar-refractivity contribution in [3.05, 3.63) is 172 Å². The number of benzene rings is 5. The number of carboxylic acid groups (broad SMARTS) is 1. The second-order valence-corrected chi connectivity index (χ2v) is 13.5. The Labute approximate surface area is 286 Å². The Morgan fingerprint density at radius 1 is 0.812 bits per heavy atom. The van der Waals surface area contributed by atoms with Crippen LogP contribution >= 0.6 is 11.6 Å². The molecule has 6 rings (SSSR count). The van der Waals surface area contributed by atoms with Gasteiger partial charge in [0.05, 0.1) is 30.5 Å². The van der Waals surface area contributed by atoms with Gasteiger partial charge in [-0.15, -0.1) is 0 Å². The minimum atomic E-state index is -3.56. The van der Waals surface area contributed by atoms with E-state index in [1.165, 1.54) is 12.1 Å². The zero-order valence-electron chi connectivity index (χ0n) is 26.7. The highest BCUT2D eigenvalue weighted by Gasteiger charge is 2.29. The van der Waals surface area contributed by atoms with Crippen molar-refractivity contribution in [1.82, 2.24) is 9.29 Å². The molecule has 0 aliphatic heterocycles. The summed E-state index contributed by atoms with van der Waals surface area (Å²) in [7, 11) is -3.56. The van der Waals surface area contributed by atoms with Gasteiger partial charge in [0.15, 0.2) is 0 Å². The molecule has 48 heavy (non-hydrogen) atoms. The number of hydrogen-bond acceptors (Lipinski definition) is 4. The Morgan fingerprint density at radius 3 is 1.92 bits per heavy atom. The van der Waals surface area contributed by atoms with Crippen LogP contribution in [0.15, 0.2) is 140 Å². The van der Waals surface area contributed by atoms with Gasteiger partial charge >= 0.3 is 5.97 Å². The first-order valence-electron chi connectivity index (χ1n) is 15.5. The molecule has 0 spiro atoms. The third-order valence-corrected chi connectivity index (χ3v) is 8.79. The van der Waals surface area contributed by atoms with Crippen molar-refractivity contribution < 1.29 is 23.1 Å². The number of ether oxygens (including phenoxy) is 1. The van der Waals surface area contributed by atoms with Gasteiger partial charge in [-0.05, 0) is 60.0 Å². The smallest absolute Gasteiger partial charge is 0.335 e. The summed E-state index contributed by atoms with van der Waals surface area (Å²) in [5, 5.41) is 10.8. The molecule has 1 aromatic heterocycles. The number of nitrogens with one attached hydrogen (secondary N) is 1. The number of halogens is 1. The maximum atomic E-state index is 12.5. The van der Waals surface area contributed by atoms with E-state index in [9.17, 15) is 18.3 Å². The summed E-state index contributed by atoms with van der Waals surface area (Å²) >= 11 is 6.52. The van der Waals surface area contributed by atoms with Crippen LogP contribution in [0.1, 0.15) is 51.7 Å². The lowest BCUT2D eigenvalue weighted by molar-refractivity contribution is 0.0696. The maximum Gasteiger partial charge on any atom is 0.335 e. The van der Waals surface area contributed by atoms with Gasteiger partial charge in [0.1, 0.15) is 5.75 Å². The van der Waals surface area contributed by atoms with Gasteiger partial charge in [0.25, 0.3) is 0 Å². The third-order valence-electron chi connectivity index (χ3n) is 7.77. The number of carboxylic acids is 1. The number of nitrogens with zero attached hydrogens (tertiary/aromatic N) is 1. The molecule has 246 valence electrons. The lowest BCUT2D eigenvalue weighted by Crippen LogP contribution is -2.29. The zero-order chi connectivity index (χ0) is 34.1. The number of rotatable bonds is 11. The molecule has 0 aliphatic rings. The first kappa shape index (κ1) is 34.4. The van der Waals surface area contributed by atoms with Crippen molar-refractivity contribution >= 4 is 38.5 Å². The van der Waals surface area contributed by atoms with Gasteiger partial charge in [0, 0.05) is 28.0 Å². The molecule has 6 aromatic rings. The van der Waals surface area contributed by atoms with E-state index in [1.807, 2.05) is 97.9 Å². The highest BCUT2D eigenvalue weighted by molar-refractivity contribution is 7.88. The summed E-state index contributed by atoms with van der Waals surface area (Å²) in [6.45, 7) is 2.07. The van der Waals surface area contributed by atoms with E-state index >= 15 is 0 Å². The largest absolute Gasteiger partial charge is 0.493 e.